The van der Waals surface area contributed by atoms with Gasteiger partial charge in [0.1, 0.15) is 5.69 Å². The first kappa shape index (κ1) is 15.7. The van der Waals surface area contributed by atoms with Crippen molar-refractivity contribution in [2.45, 2.75) is 25.4 Å². The van der Waals surface area contributed by atoms with Gasteiger partial charge < -0.3 is 10.2 Å². The zero-order chi connectivity index (χ0) is 15.4. The van der Waals surface area contributed by atoms with Gasteiger partial charge >= 0.3 is 0 Å². The highest BCUT2D eigenvalue weighted by molar-refractivity contribution is 5.62. The van der Waals surface area contributed by atoms with E-state index in [9.17, 15) is 10.1 Å². The second-order valence-corrected chi connectivity index (χ2v) is 5.83. The Kier molecular flexibility index (Phi) is 5.14. The van der Waals surface area contributed by atoms with Crippen molar-refractivity contribution in [3.63, 3.8) is 0 Å². The Bertz CT molecular complexity index is 496. The monoisotopic (exact) mass is 292 g/mol. The Labute approximate surface area is 125 Å². The fourth-order valence-electron chi connectivity index (χ4n) is 2.89. The lowest BCUT2D eigenvalue weighted by molar-refractivity contribution is -0.384. The minimum Gasteiger partial charge on any atom is -0.383 e. The van der Waals surface area contributed by atoms with Crippen LogP contribution >= 0.6 is 0 Å². The Morgan fingerprint density at radius 3 is 2.57 bits per heavy atom. The first-order chi connectivity index (χ1) is 10.0. The lowest BCUT2D eigenvalue weighted by Crippen LogP contribution is -2.41. The number of piperidine rings is 1. The standard InChI is InChI=1S/C15H24N4O2/c1-16-14-10-12(4-5-15(14)19(20)21)11-18-8-6-13(7-9-18)17(2)3/h4-5,10,13,16H,6-9,11H2,1-3H3. The zero-order valence-corrected chi connectivity index (χ0v) is 13.0. The molecule has 1 aromatic carbocycles. The fraction of sp³-hybridized carbons (Fsp3) is 0.600. The van der Waals surface area contributed by atoms with Crippen molar-refractivity contribution in [3.8, 4) is 0 Å². The number of rotatable bonds is 5. The normalized spacial score (nSPS) is 17.1. The van der Waals surface area contributed by atoms with Crippen LogP contribution in [-0.2, 0) is 6.54 Å². The molecular weight excluding hydrogens is 268 g/mol. The minimum absolute atomic E-state index is 0.132. The maximum Gasteiger partial charge on any atom is 0.292 e. The van der Waals surface area contributed by atoms with Gasteiger partial charge in [0.05, 0.1) is 4.92 Å². The van der Waals surface area contributed by atoms with Gasteiger partial charge in [-0.25, -0.2) is 0 Å². The van der Waals surface area contributed by atoms with E-state index in [0.29, 0.717) is 11.7 Å². The number of benzene rings is 1. The van der Waals surface area contributed by atoms with Crippen molar-refractivity contribution in [2.75, 3.05) is 39.5 Å². The van der Waals surface area contributed by atoms with Crippen LogP contribution in [0.5, 0.6) is 0 Å². The van der Waals surface area contributed by atoms with E-state index in [-0.39, 0.29) is 10.6 Å². The molecule has 116 valence electrons. The van der Waals surface area contributed by atoms with Crippen molar-refractivity contribution in [2.24, 2.45) is 0 Å². The van der Waals surface area contributed by atoms with Crippen molar-refractivity contribution < 1.29 is 4.92 Å². The molecule has 1 fully saturated rings. The summed E-state index contributed by atoms with van der Waals surface area (Å²) in [6, 6.07) is 6.01. The smallest absolute Gasteiger partial charge is 0.292 e. The third-order valence-electron chi connectivity index (χ3n) is 4.22. The number of hydrogen-bond acceptors (Lipinski definition) is 5. The van der Waals surface area contributed by atoms with Crippen molar-refractivity contribution in [1.29, 1.82) is 0 Å². The van der Waals surface area contributed by atoms with Gasteiger partial charge in [-0.2, -0.15) is 0 Å². The molecule has 21 heavy (non-hydrogen) atoms. The maximum absolute atomic E-state index is 10.9. The fourth-order valence-corrected chi connectivity index (χ4v) is 2.89. The van der Waals surface area contributed by atoms with E-state index in [0.717, 1.165) is 25.2 Å². The molecule has 0 bridgehead atoms. The van der Waals surface area contributed by atoms with Gasteiger partial charge in [-0.3, -0.25) is 15.0 Å². The van der Waals surface area contributed by atoms with Crippen molar-refractivity contribution in [1.82, 2.24) is 9.80 Å². The second-order valence-electron chi connectivity index (χ2n) is 5.83. The molecule has 1 N–H and O–H groups in total. The third kappa shape index (κ3) is 3.92. The molecule has 0 aromatic heterocycles. The minimum atomic E-state index is -0.349. The lowest BCUT2D eigenvalue weighted by atomic mass is 10.0. The van der Waals surface area contributed by atoms with Crippen LogP contribution in [0.15, 0.2) is 18.2 Å². The SMILES string of the molecule is CNc1cc(CN2CCC(N(C)C)CC2)ccc1[N+](=O)[O-]. The van der Waals surface area contributed by atoms with Gasteiger partial charge in [0.15, 0.2) is 0 Å². The maximum atomic E-state index is 10.9. The van der Waals surface area contributed by atoms with Gasteiger partial charge in [-0.05, 0) is 51.7 Å². The summed E-state index contributed by atoms with van der Waals surface area (Å²) in [6.07, 6.45) is 2.36. The Morgan fingerprint density at radius 2 is 2.05 bits per heavy atom. The van der Waals surface area contributed by atoms with Crippen LogP contribution in [0.1, 0.15) is 18.4 Å². The van der Waals surface area contributed by atoms with E-state index >= 15 is 0 Å². The van der Waals surface area contributed by atoms with E-state index in [4.69, 9.17) is 0 Å². The first-order valence-corrected chi connectivity index (χ1v) is 7.35. The highest BCUT2D eigenvalue weighted by atomic mass is 16.6. The van der Waals surface area contributed by atoms with Gasteiger partial charge in [0, 0.05) is 25.7 Å². The average molecular weight is 292 g/mol. The number of nitro groups is 1. The first-order valence-electron chi connectivity index (χ1n) is 7.35. The van der Waals surface area contributed by atoms with Gasteiger partial charge in [0.25, 0.3) is 5.69 Å². The van der Waals surface area contributed by atoms with Gasteiger partial charge in [-0.1, -0.05) is 6.07 Å². The quantitative estimate of drug-likeness (QED) is 0.665. The van der Waals surface area contributed by atoms with Crippen LogP contribution in [0.25, 0.3) is 0 Å². The van der Waals surface area contributed by atoms with E-state index in [1.54, 1.807) is 13.1 Å². The molecule has 0 amide bonds. The molecule has 1 saturated heterocycles. The topological polar surface area (TPSA) is 61.6 Å². The van der Waals surface area contributed by atoms with Gasteiger partial charge in [-0.15, -0.1) is 0 Å². The number of anilines is 1. The van der Waals surface area contributed by atoms with Crippen LogP contribution < -0.4 is 5.32 Å². The Morgan fingerprint density at radius 1 is 1.38 bits per heavy atom. The molecule has 0 unspecified atom stereocenters. The van der Waals surface area contributed by atoms with Crippen LogP contribution in [-0.4, -0.2) is 55.0 Å². The molecule has 0 aliphatic carbocycles. The van der Waals surface area contributed by atoms with E-state index in [1.807, 2.05) is 12.1 Å². The predicted octanol–water partition coefficient (Wildman–Crippen LogP) is 2.16. The van der Waals surface area contributed by atoms with Crippen LogP contribution in [0.2, 0.25) is 0 Å². The van der Waals surface area contributed by atoms with Crippen molar-refractivity contribution in [3.05, 3.63) is 33.9 Å². The summed E-state index contributed by atoms with van der Waals surface area (Å²) in [7, 11) is 5.99. The van der Waals surface area contributed by atoms with Crippen molar-refractivity contribution >= 4 is 11.4 Å². The van der Waals surface area contributed by atoms with Crippen LogP contribution in [0, 0.1) is 10.1 Å². The molecule has 1 heterocycles. The summed E-state index contributed by atoms with van der Waals surface area (Å²) >= 11 is 0. The molecule has 0 saturated carbocycles. The third-order valence-corrected chi connectivity index (χ3v) is 4.22. The molecule has 1 aromatic rings. The number of likely N-dealkylation sites (tertiary alicyclic amines) is 1. The second kappa shape index (κ2) is 6.87. The van der Waals surface area contributed by atoms with Gasteiger partial charge in [0.2, 0.25) is 0 Å². The summed E-state index contributed by atoms with van der Waals surface area (Å²) in [5.41, 5.74) is 1.83. The molecule has 0 spiro atoms. The summed E-state index contributed by atoms with van der Waals surface area (Å²) in [5, 5.41) is 13.8. The molecule has 0 radical (unpaired) electrons. The molecule has 6 nitrogen and oxygen atoms in total. The van der Waals surface area contributed by atoms with E-state index in [1.165, 1.54) is 12.8 Å². The highest BCUT2D eigenvalue weighted by Gasteiger charge is 2.21. The summed E-state index contributed by atoms with van der Waals surface area (Å²) in [4.78, 5) is 15.3. The number of nitrogens with zero attached hydrogens (tertiary/aromatic N) is 3. The molecule has 2 rings (SSSR count). The van der Waals surface area contributed by atoms with E-state index in [2.05, 4.69) is 29.2 Å². The number of hydrogen-bond donors (Lipinski definition) is 1. The summed E-state index contributed by atoms with van der Waals surface area (Å²) in [6.45, 7) is 3.01. The molecule has 1 aliphatic heterocycles. The summed E-state index contributed by atoms with van der Waals surface area (Å²) in [5.74, 6) is 0. The van der Waals surface area contributed by atoms with Crippen LogP contribution in [0.4, 0.5) is 11.4 Å². The molecule has 0 atom stereocenters. The lowest BCUT2D eigenvalue weighted by Gasteiger charge is -2.35. The number of nitro benzene ring substituents is 1. The Balaban J connectivity index is 1.99. The largest absolute Gasteiger partial charge is 0.383 e. The molecular formula is C15H24N4O2. The zero-order valence-electron chi connectivity index (χ0n) is 13.0. The molecule has 1 aliphatic rings. The Hall–Kier alpha value is -1.66. The average Bonchev–Trinajstić information content (AvgIpc) is 2.47. The molecule has 6 heteroatoms. The van der Waals surface area contributed by atoms with Crippen LogP contribution in [0.3, 0.4) is 0 Å². The van der Waals surface area contributed by atoms with E-state index < -0.39 is 0 Å². The summed E-state index contributed by atoms with van der Waals surface area (Å²) < 4.78 is 0. The number of nitrogens with one attached hydrogen (secondary N) is 1. The highest BCUT2D eigenvalue weighted by Crippen LogP contribution is 2.26. The predicted molar refractivity (Wildman–Crippen MR) is 84.6 cm³/mol.